The normalized spacial score (nSPS) is 10.9. The lowest BCUT2D eigenvalue weighted by Gasteiger charge is -1.98. The van der Waals surface area contributed by atoms with E-state index in [-0.39, 0.29) is 11.5 Å². The third kappa shape index (κ3) is 4.86. The van der Waals surface area contributed by atoms with Crippen molar-refractivity contribution < 1.29 is 14.7 Å². The highest BCUT2D eigenvalue weighted by atomic mass is 32.1. The molecule has 0 spiro atoms. The van der Waals surface area contributed by atoms with Gasteiger partial charge in [0.15, 0.2) is 0 Å². The Labute approximate surface area is 160 Å². The van der Waals surface area contributed by atoms with Crippen molar-refractivity contribution in [2.75, 3.05) is 0 Å². The molecule has 0 aliphatic heterocycles. The van der Waals surface area contributed by atoms with Crippen LogP contribution in [0.2, 0.25) is 0 Å². The number of hydrogen-bond donors (Lipinski definition) is 2. The fraction of sp³-hybridized carbons (Fsp3) is 0.100. The number of hydrazone groups is 1. The van der Waals surface area contributed by atoms with Crippen LogP contribution in [0.5, 0.6) is 0 Å². The number of rotatable bonds is 6. The lowest BCUT2D eigenvalue weighted by Crippen LogP contribution is -2.17. The molecule has 2 N–H and O–H groups in total. The number of carbonyl (C=O) groups is 2. The number of benzene rings is 2. The average Bonchev–Trinajstić information content (AvgIpc) is 3.03. The van der Waals surface area contributed by atoms with Crippen molar-refractivity contribution in [2.24, 2.45) is 5.10 Å². The Hall–Kier alpha value is -3.32. The van der Waals surface area contributed by atoms with Crippen molar-refractivity contribution in [3.63, 3.8) is 0 Å². The van der Waals surface area contributed by atoms with E-state index in [1.54, 1.807) is 19.1 Å². The molecule has 0 aliphatic carbocycles. The predicted octanol–water partition coefficient (Wildman–Crippen LogP) is 3.50. The number of hydrogen-bond acceptors (Lipinski definition) is 5. The quantitative estimate of drug-likeness (QED) is 0.506. The molecule has 1 aromatic heterocycles. The lowest BCUT2D eigenvalue weighted by molar-refractivity contribution is 0.0696. The lowest BCUT2D eigenvalue weighted by atomic mass is 10.1. The molecule has 7 heteroatoms. The van der Waals surface area contributed by atoms with Crippen molar-refractivity contribution in [1.29, 1.82) is 0 Å². The van der Waals surface area contributed by atoms with Crippen LogP contribution in [0.15, 0.2) is 59.7 Å². The van der Waals surface area contributed by atoms with Gasteiger partial charge in [-0.3, -0.25) is 4.79 Å². The summed E-state index contributed by atoms with van der Waals surface area (Å²) in [4.78, 5) is 28.2. The van der Waals surface area contributed by atoms with Crippen molar-refractivity contribution in [1.82, 2.24) is 10.4 Å². The van der Waals surface area contributed by atoms with Crippen LogP contribution >= 0.6 is 11.3 Å². The molecule has 3 rings (SSSR count). The monoisotopic (exact) mass is 379 g/mol. The van der Waals surface area contributed by atoms with Crippen molar-refractivity contribution >= 4 is 29.4 Å². The van der Waals surface area contributed by atoms with E-state index in [0.717, 1.165) is 10.6 Å². The molecule has 0 saturated heterocycles. The summed E-state index contributed by atoms with van der Waals surface area (Å²) < 4.78 is 0. The van der Waals surface area contributed by atoms with E-state index < -0.39 is 5.97 Å². The maximum Gasteiger partial charge on any atom is 0.335 e. The summed E-state index contributed by atoms with van der Waals surface area (Å²) in [5.41, 5.74) is 5.18. The molecule has 1 amide bonds. The molecular formula is C20H17N3O3S. The summed E-state index contributed by atoms with van der Waals surface area (Å²) in [5, 5.41) is 13.7. The van der Waals surface area contributed by atoms with E-state index in [1.165, 1.54) is 29.7 Å². The van der Waals surface area contributed by atoms with Crippen LogP contribution in [0.1, 0.15) is 41.9 Å². The molecule has 3 aromatic rings. The number of nitrogens with one attached hydrogen (secondary N) is 1. The van der Waals surface area contributed by atoms with Gasteiger partial charge >= 0.3 is 5.97 Å². The summed E-state index contributed by atoms with van der Waals surface area (Å²) in [6, 6.07) is 16.2. The predicted molar refractivity (Wildman–Crippen MR) is 105 cm³/mol. The average molecular weight is 379 g/mol. The first-order valence-electron chi connectivity index (χ1n) is 8.20. The van der Waals surface area contributed by atoms with Gasteiger partial charge < -0.3 is 5.11 Å². The summed E-state index contributed by atoms with van der Waals surface area (Å²) in [5.74, 6) is -1.30. The number of nitrogens with zero attached hydrogens (tertiary/aromatic N) is 2. The summed E-state index contributed by atoms with van der Waals surface area (Å²) in [6.07, 6.45) is 2.14. The van der Waals surface area contributed by atoms with Crippen molar-refractivity contribution in [3.8, 4) is 0 Å². The van der Waals surface area contributed by atoms with Gasteiger partial charge in [0.25, 0.3) is 5.91 Å². The first-order chi connectivity index (χ1) is 13.0. The van der Waals surface area contributed by atoms with Gasteiger partial charge in [-0.25, -0.2) is 15.2 Å². The Morgan fingerprint density at radius 1 is 1.15 bits per heavy atom. The van der Waals surface area contributed by atoms with Crippen LogP contribution in [0.25, 0.3) is 0 Å². The van der Waals surface area contributed by atoms with E-state index in [0.29, 0.717) is 22.6 Å². The largest absolute Gasteiger partial charge is 0.478 e. The van der Waals surface area contributed by atoms with Gasteiger partial charge in [0.05, 0.1) is 22.5 Å². The number of aromatic nitrogens is 1. The number of thiazole rings is 1. The van der Waals surface area contributed by atoms with Gasteiger partial charge in [-0.1, -0.05) is 42.5 Å². The minimum Gasteiger partial charge on any atom is -0.478 e. The standard InChI is InChI=1S/C20H17N3O3S/c1-13-18(27-17(22-13)11-14-5-3-2-4-6-14)19(24)23-21-12-15-7-9-16(10-8-15)20(25)26/h2-10,12H,11H2,1H3,(H,23,24)(H,25,26)/b21-12+. The summed E-state index contributed by atoms with van der Waals surface area (Å²) in [7, 11) is 0. The number of amides is 1. The topological polar surface area (TPSA) is 91.7 Å². The number of carboxylic acid groups (broad SMARTS) is 1. The summed E-state index contributed by atoms with van der Waals surface area (Å²) >= 11 is 1.35. The van der Waals surface area contributed by atoms with Gasteiger partial charge in [-0.05, 0) is 30.2 Å². The molecule has 0 radical (unpaired) electrons. The van der Waals surface area contributed by atoms with Crippen LogP contribution in [-0.4, -0.2) is 28.2 Å². The molecule has 0 saturated carbocycles. The van der Waals surface area contributed by atoms with Gasteiger partial charge in [-0.15, -0.1) is 11.3 Å². The fourth-order valence-electron chi connectivity index (χ4n) is 2.44. The van der Waals surface area contributed by atoms with E-state index in [9.17, 15) is 9.59 Å². The minimum absolute atomic E-state index is 0.197. The number of carboxylic acids is 1. The molecule has 1 heterocycles. The van der Waals surface area contributed by atoms with Crippen molar-refractivity contribution in [2.45, 2.75) is 13.3 Å². The highest BCUT2D eigenvalue weighted by Gasteiger charge is 2.15. The molecule has 0 atom stereocenters. The molecule has 6 nitrogen and oxygen atoms in total. The zero-order chi connectivity index (χ0) is 19.2. The second-order valence-corrected chi connectivity index (χ2v) is 6.89. The highest BCUT2D eigenvalue weighted by molar-refractivity contribution is 7.13. The maximum absolute atomic E-state index is 12.3. The van der Waals surface area contributed by atoms with E-state index in [2.05, 4.69) is 15.5 Å². The fourth-order valence-corrected chi connectivity index (χ4v) is 3.43. The van der Waals surface area contributed by atoms with Crippen LogP contribution in [-0.2, 0) is 6.42 Å². The molecule has 136 valence electrons. The smallest absolute Gasteiger partial charge is 0.335 e. The number of aryl methyl sites for hydroxylation is 1. The van der Waals surface area contributed by atoms with E-state index >= 15 is 0 Å². The Balaban J connectivity index is 1.63. The Bertz CT molecular complexity index is 979. The SMILES string of the molecule is Cc1nc(Cc2ccccc2)sc1C(=O)N/N=C/c1ccc(C(=O)O)cc1. The molecular weight excluding hydrogens is 362 g/mol. The third-order valence-electron chi connectivity index (χ3n) is 3.78. The molecule has 2 aromatic carbocycles. The molecule has 0 aliphatic rings. The zero-order valence-electron chi connectivity index (χ0n) is 14.5. The first kappa shape index (κ1) is 18.5. The van der Waals surface area contributed by atoms with E-state index in [1.807, 2.05) is 30.3 Å². The minimum atomic E-state index is -0.987. The van der Waals surface area contributed by atoms with Crippen LogP contribution in [0.3, 0.4) is 0 Å². The van der Waals surface area contributed by atoms with Crippen LogP contribution in [0.4, 0.5) is 0 Å². The van der Waals surface area contributed by atoms with Crippen LogP contribution < -0.4 is 5.43 Å². The highest BCUT2D eigenvalue weighted by Crippen LogP contribution is 2.20. The summed E-state index contributed by atoms with van der Waals surface area (Å²) in [6.45, 7) is 1.80. The molecule has 27 heavy (non-hydrogen) atoms. The second-order valence-electron chi connectivity index (χ2n) is 5.81. The maximum atomic E-state index is 12.3. The second kappa shape index (κ2) is 8.37. The zero-order valence-corrected chi connectivity index (χ0v) is 15.4. The Morgan fingerprint density at radius 3 is 2.52 bits per heavy atom. The number of aromatic carboxylic acids is 1. The third-order valence-corrected chi connectivity index (χ3v) is 4.94. The van der Waals surface area contributed by atoms with E-state index in [4.69, 9.17) is 5.11 Å². The van der Waals surface area contributed by atoms with Gasteiger partial charge in [0.1, 0.15) is 4.88 Å². The Morgan fingerprint density at radius 2 is 1.85 bits per heavy atom. The molecule has 0 bridgehead atoms. The van der Waals surface area contributed by atoms with Gasteiger partial charge in [0.2, 0.25) is 0 Å². The Kier molecular flexibility index (Phi) is 5.73. The number of carbonyl (C=O) groups excluding carboxylic acids is 1. The van der Waals surface area contributed by atoms with Crippen LogP contribution in [0, 0.1) is 6.92 Å². The first-order valence-corrected chi connectivity index (χ1v) is 9.01. The van der Waals surface area contributed by atoms with Gasteiger partial charge in [-0.2, -0.15) is 5.10 Å². The molecule has 0 fully saturated rings. The van der Waals surface area contributed by atoms with Crippen molar-refractivity contribution in [3.05, 3.63) is 86.9 Å². The van der Waals surface area contributed by atoms with Gasteiger partial charge in [0, 0.05) is 6.42 Å². The molecule has 0 unspecified atom stereocenters.